The molecule has 10 heteroatoms. The molecule has 27 heavy (non-hydrogen) atoms. The molecule has 0 aliphatic heterocycles. The van der Waals surface area contributed by atoms with Crippen molar-refractivity contribution in [2.24, 2.45) is 4.99 Å². The van der Waals surface area contributed by atoms with E-state index in [9.17, 15) is 17.6 Å². The number of nitrogens with zero attached hydrogens (tertiary/aromatic N) is 1. The van der Waals surface area contributed by atoms with Gasteiger partial charge in [-0.2, -0.15) is 13.2 Å². The molecular weight excluding hydrogens is 481 g/mol. The molecule has 5 nitrogen and oxygen atoms in total. The number of aliphatic imine (C=N–C) groups is 1. The van der Waals surface area contributed by atoms with Crippen molar-refractivity contribution in [3.05, 3.63) is 35.1 Å². The second-order valence-corrected chi connectivity index (χ2v) is 5.38. The third-order valence-corrected chi connectivity index (χ3v) is 3.32. The maximum absolute atomic E-state index is 13.1. The van der Waals surface area contributed by atoms with E-state index in [1.54, 1.807) is 7.11 Å². The summed E-state index contributed by atoms with van der Waals surface area (Å²) in [6.45, 7) is 4.32. The van der Waals surface area contributed by atoms with Crippen LogP contribution in [0.4, 0.5) is 17.6 Å². The molecule has 0 aliphatic carbocycles. The fourth-order valence-corrected chi connectivity index (χ4v) is 2.08. The van der Waals surface area contributed by atoms with Gasteiger partial charge in [0.1, 0.15) is 5.82 Å². The summed E-state index contributed by atoms with van der Waals surface area (Å²) in [6, 6.07) is 2.59. The molecule has 0 radical (unpaired) electrons. The van der Waals surface area contributed by atoms with Crippen molar-refractivity contribution in [3.63, 3.8) is 0 Å². The first-order chi connectivity index (χ1) is 12.4. The summed E-state index contributed by atoms with van der Waals surface area (Å²) in [7, 11) is 1.59. The summed E-state index contributed by atoms with van der Waals surface area (Å²) < 4.78 is 62.3. The van der Waals surface area contributed by atoms with Crippen molar-refractivity contribution in [1.82, 2.24) is 10.6 Å². The Kier molecular flexibility index (Phi) is 13.4. The highest BCUT2D eigenvalue weighted by atomic mass is 127. The fourth-order valence-electron chi connectivity index (χ4n) is 2.08. The number of halogens is 5. The summed E-state index contributed by atoms with van der Waals surface area (Å²) in [5.41, 5.74) is -1.09. The number of rotatable bonds is 10. The Hall–Kier alpha value is -1.14. The molecule has 0 spiro atoms. The van der Waals surface area contributed by atoms with E-state index in [1.807, 2.05) is 6.92 Å². The Morgan fingerprint density at radius 1 is 1.15 bits per heavy atom. The Bertz CT molecular complexity index is 572. The van der Waals surface area contributed by atoms with Crippen LogP contribution >= 0.6 is 24.0 Å². The summed E-state index contributed by atoms with van der Waals surface area (Å²) in [5.74, 6) is -0.537. The Morgan fingerprint density at radius 2 is 1.89 bits per heavy atom. The van der Waals surface area contributed by atoms with Crippen LogP contribution in [-0.4, -0.2) is 46.0 Å². The van der Waals surface area contributed by atoms with E-state index in [2.05, 4.69) is 15.6 Å². The molecule has 0 aromatic heterocycles. The summed E-state index contributed by atoms with van der Waals surface area (Å²) >= 11 is 0. The lowest BCUT2D eigenvalue weighted by atomic mass is 10.1. The normalized spacial score (nSPS) is 11.9. The zero-order valence-electron chi connectivity index (χ0n) is 15.4. The number of hydrogen-bond acceptors (Lipinski definition) is 3. The zero-order chi connectivity index (χ0) is 19.4. The van der Waals surface area contributed by atoms with Crippen LogP contribution in [0.2, 0.25) is 0 Å². The number of guanidine groups is 1. The molecule has 0 amide bonds. The van der Waals surface area contributed by atoms with Crippen molar-refractivity contribution >= 4 is 29.9 Å². The molecule has 0 fully saturated rings. The zero-order valence-corrected chi connectivity index (χ0v) is 17.7. The maximum Gasteiger partial charge on any atom is 0.416 e. The van der Waals surface area contributed by atoms with Crippen LogP contribution in [0, 0.1) is 5.82 Å². The van der Waals surface area contributed by atoms with E-state index in [4.69, 9.17) is 9.47 Å². The van der Waals surface area contributed by atoms with Gasteiger partial charge in [-0.3, -0.25) is 0 Å². The van der Waals surface area contributed by atoms with Gasteiger partial charge in [0.05, 0.1) is 25.3 Å². The highest BCUT2D eigenvalue weighted by Gasteiger charge is 2.33. The number of hydrogen-bond donors (Lipinski definition) is 2. The number of methoxy groups -OCH3 is 1. The first-order valence-electron chi connectivity index (χ1n) is 8.33. The minimum atomic E-state index is -4.63. The van der Waals surface area contributed by atoms with Crippen LogP contribution in [0.15, 0.2) is 23.2 Å². The van der Waals surface area contributed by atoms with Crippen LogP contribution in [0.5, 0.6) is 0 Å². The lowest BCUT2D eigenvalue weighted by Gasteiger charge is -2.14. The van der Waals surface area contributed by atoms with Gasteiger partial charge in [-0.15, -0.1) is 24.0 Å². The van der Waals surface area contributed by atoms with Crippen LogP contribution in [0.1, 0.15) is 24.5 Å². The van der Waals surface area contributed by atoms with E-state index in [1.165, 1.54) is 0 Å². The van der Waals surface area contributed by atoms with Gasteiger partial charge in [-0.25, -0.2) is 9.38 Å². The standard InChI is InChI=1S/C17H25F4N3O2.HI/c1-3-22-16(23-7-4-8-26-10-9-25-2)24-12-13-5-6-14(18)11-15(13)17(19,20)21;/h5-6,11H,3-4,7-10,12H2,1-2H3,(H2,22,23,24);1H. The number of ether oxygens (including phenoxy) is 2. The molecule has 0 saturated heterocycles. The summed E-state index contributed by atoms with van der Waals surface area (Å²) in [4.78, 5) is 4.15. The van der Waals surface area contributed by atoms with E-state index in [0.717, 1.165) is 12.1 Å². The SMILES string of the molecule is CCNC(=NCc1ccc(F)cc1C(F)(F)F)NCCCOCCOC.I. The monoisotopic (exact) mass is 507 g/mol. The molecule has 1 rings (SSSR count). The van der Waals surface area contributed by atoms with E-state index < -0.39 is 17.6 Å². The minimum absolute atomic E-state index is 0. The van der Waals surface area contributed by atoms with Crippen LogP contribution in [-0.2, 0) is 22.2 Å². The molecule has 0 aliphatic rings. The average Bonchev–Trinajstić information content (AvgIpc) is 2.58. The van der Waals surface area contributed by atoms with Crippen molar-refractivity contribution in [3.8, 4) is 0 Å². The number of benzene rings is 1. The van der Waals surface area contributed by atoms with Crippen molar-refractivity contribution in [2.75, 3.05) is 40.0 Å². The second kappa shape index (κ2) is 13.9. The summed E-state index contributed by atoms with van der Waals surface area (Å²) in [6.07, 6.45) is -3.92. The Balaban J connectivity index is 0.00000676. The molecule has 0 heterocycles. The van der Waals surface area contributed by atoms with Gasteiger partial charge < -0.3 is 20.1 Å². The minimum Gasteiger partial charge on any atom is -0.382 e. The highest BCUT2D eigenvalue weighted by Crippen LogP contribution is 2.32. The first kappa shape index (κ1) is 25.9. The summed E-state index contributed by atoms with van der Waals surface area (Å²) in [5, 5.41) is 5.98. The van der Waals surface area contributed by atoms with Gasteiger partial charge in [-0.1, -0.05) is 6.07 Å². The first-order valence-corrected chi connectivity index (χ1v) is 8.33. The average molecular weight is 507 g/mol. The highest BCUT2D eigenvalue weighted by molar-refractivity contribution is 14.0. The van der Waals surface area contributed by atoms with Gasteiger partial charge in [0, 0.05) is 26.8 Å². The maximum atomic E-state index is 13.1. The van der Waals surface area contributed by atoms with Crippen LogP contribution in [0.25, 0.3) is 0 Å². The van der Waals surface area contributed by atoms with Crippen molar-refractivity contribution < 1.29 is 27.0 Å². The number of nitrogens with one attached hydrogen (secondary N) is 2. The van der Waals surface area contributed by atoms with Gasteiger partial charge in [0.15, 0.2) is 5.96 Å². The fraction of sp³-hybridized carbons (Fsp3) is 0.588. The predicted molar refractivity (Wildman–Crippen MR) is 107 cm³/mol. The molecule has 0 saturated carbocycles. The second-order valence-electron chi connectivity index (χ2n) is 5.38. The smallest absolute Gasteiger partial charge is 0.382 e. The molecule has 0 unspecified atom stereocenters. The molecule has 1 aromatic carbocycles. The Labute approximate surface area is 173 Å². The van der Waals surface area contributed by atoms with E-state index in [0.29, 0.717) is 51.4 Å². The van der Waals surface area contributed by atoms with Gasteiger partial charge in [-0.05, 0) is 31.0 Å². The van der Waals surface area contributed by atoms with Gasteiger partial charge in [0.25, 0.3) is 0 Å². The molecular formula is C17H26F4IN3O2. The quantitative estimate of drug-likeness (QED) is 0.167. The molecule has 156 valence electrons. The molecule has 1 aromatic rings. The largest absolute Gasteiger partial charge is 0.416 e. The predicted octanol–water partition coefficient (Wildman–Crippen LogP) is 3.57. The Morgan fingerprint density at radius 3 is 2.52 bits per heavy atom. The third kappa shape index (κ3) is 10.7. The van der Waals surface area contributed by atoms with Crippen molar-refractivity contribution in [1.29, 1.82) is 0 Å². The van der Waals surface area contributed by atoms with E-state index >= 15 is 0 Å². The molecule has 0 bridgehead atoms. The van der Waals surface area contributed by atoms with Crippen LogP contribution < -0.4 is 10.6 Å². The molecule has 2 N–H and O–H groups in total. The van der Waals surface area contributed by atoms with Gasteiger partial charge >= 0.3 is 6.18 Å². The third-order valence-electron chi connectivity index (χ3n) is 3.32. The van der Waals surface area contributed by atoms with E-state index in [-0.39, 0.29) is 36.1 Å². The lowest BCUT2D eigenvalue weighted by Crippen LogP contribution is -2.38. The molecule has 0 atom stereocenters. The van der Waals surface area contributed by atoms with Crippen LogP contribution in [0.3, 0.4) is 0 Å². The lowest BCUT2D eigenvalue weighted by molar-refractivity contribution is -0.138. The number of alkyl halides is 3. The van der Waals surface area contributed by atoms with Crippen molar-refractivity contribution in [2.45, 2.75) is 26.1 Å². The van der Waals surface area contributed by atoms with Gasteiger partial charge in [0.2, 0.25) is 0 Å². The topological polar surface area (TPSA) is 54.9 Å².